The molecule has 0 fully saturated rings. The van der Waals surface area contributed by atoms with Crippen LogP contribution in [0.3, 0.4) is 0 Å². The third kappa shape index (κ3) is 3.41. The van der Waals surface area contributed by atoms with E-state index in [0.717, 1.165) is 10.0 Å². The summed E-state index contributed by atoms with van der Waals surface area (Å²) < 4.78 is 2.53. The molecule has 17 heavy (non-hydrogen) atoms. The van der Waals surface area contributed by atoms with E-state index in [9.17, 15) is 0 Å². The molecule has 90 valence electrons. The zero-order chi connectivity index (χ0) is 12.5. The molecule has 2 aromatic carbocycles. The van der Waals surface area contributed by atoms with Crippen molar-refractivity contribution < 1.29 is 0 Å². The third-order valence-corrected chi connectivity index (χ3v) is 17.7. The van der Waals surface area contributed by atoms with Gasteiger partial charge in [0, 0.05) is 0 Å². The molecule has 0 aliphatic heterocycles. The number of benzene rings is 2. The molecule has 0 saturated carbocycles. The average molecular weight is 511 g/mol. The van der Waals surface area contributed by atoms with Crippen LogP contribution in [0.4, 0.5) is 0 Å². The monoisotopic (exact) mass is 510 g/mol. The second kappa shape index (κ2) is 5.82. The topological polar surface area (TPSA) is 0 Å². The van der Waals surface area contributed by atoms with Crippen molar-refractivity contribution in [3.05, 3.63) is 58.6 Å². The Bertz CT molecular complexity index is 462. The molecule has 0 saturated heterocycles. The molecule has 0 aromatic heterocycles. The fraction of sp³-hybridized carbons (Fsp3) is 0. The minimum absolute atomic E-state index is 0.753. The fourth-order valence-electron chi connectivity index (χ4n) is 1.35. The third-order valence-electron chi connectivity index (χ3n) is 2.22. The fourth-order valence-corrected chi connectivity index (χ4v) is 10.9. The maximum atomic E-state index is 5.90. The summed E-state index contributed by atoms with van der Waals surface area (Å²) in [5, 5.41) is 1.51. The molecular weight excluding hydrogens is 502 g/mol. The molecular formula is C12H8Br2Cl2Te. The zero-order valence-electron chi connectivity index (χ0n) is 8.54. The van der Waals surface area contributed by atoms with E-state index >= 15 is 0 Å². The predicted molar refractivity (Wildman–Crippen MR) is 85.8 cm³/mol. The molecule has 0 heterocycles. The molecule has 0 bridgehead atoms. The van der Waals surface area contributed by atoms with Crippen molar-refractivity contribution in [1.29, 1.82) is 0 Å². The second-order valence-corrected chi connectivity index (χ2v) is 28.5. The van der Waals surface area contributed by atoms with Crippen LogP contribution in [0.25, 0.3) is 0 Å². The standard InChI is InChI=1S/C12H8Br2Cl2Te/c13-17(14,11-5-1-9(15)2-6-11)12-7-3-10(16)4-8-12/h1-8H. The van der Waals surface area contributed by atoms with E-state index in [4.69, 9.17) is 23.2 Å². The van der Waals surface area contributed by atoms with Crippen LogP contribution in [0, 0.1) is 0 Å². The van der Waals surface area contributed by atoms with E-state index in [-0.39, 0.29) is 0 Å². The van der Waals surface area contributed by atoms with E-state index in [1.165, 1.54) is 7.22 Å². The summed E-state index contributed by atoms with van der Waals surface area (Å²) in [6.45, 7) is 0. The molecule has 0 aliphatic rings. The maximum absolute atomic E-state index is 5.90. The van der Waals surface area contributed by atoms with Gasteiger partial charge in [-0.1, -0.05) is 0 Å². The van der Waals surface area contributed by atoms with Gasteiger partial charge in [-0.25, -0.2) is 0 Å². The molecule has 0 N–H and O–H groups in total. The molecule has 0 unspecified atom stereocenters. The Morgan fingerprint density at radius 2 is 0.941 bits per heavy atom. The first kappa shape index (κ1) is 14.2. The van der Waals surface area contributed by atoms with Gasteiger partial charge in [-0.3, -0.25) is 0 Å². The Labute approximate surface area is 127 Å². The number of rotatable bonds is 2. The molecule has 0 amide bonds. The van der Waals surface area contributed by atoms with Gasteiger partial charge in [-0.2, -0.15) is 0 Å². The predicted octanol–water partition coefficient (Wildman–Crippen LogP) is 4.34. The van der Waals surface area contributed by atoms with Crippen LogP contribution >= 0.6 is 48.7 Å². The van der Waals surface area contributed by atoms with E-state index in [2.05, 4.69) is 49.8 Å². The van der Waals surface area contributed by atoms with Gasteiger partial charge >= 0.3 is 128 Å². The van der Waals surface area contributed by atoms with Crippen LogP contribution in [0.1, 0.15) is 0 Å². The number of halogens is 4. The van der Waals surface area contributed by atoms with Crippen LogP contribution < -0.4 is 7.22 Å². The van der Waals surface area contributed by atoms with E-state index in [1.807, 2.05) is 24.3 Å². The zero-order valence-corrected chi connectivity index (χ0v) is 15.6. The van der Waals surface area contributed by atoms with Crippen LogP contribution in [-0.4, -0.2) is 13.8 Å². The first-order chi connectivity index (χ1) is 8.00. The Balaban J connectivity index is 2.41. The summed E-state index contributed by atoms with van der Waals surface area (Å²) in [7, 11) is 0. The SMILES string of the molecule is Clc1ccc([Te](Br)(Br)c2ccc(Cl)cc2)cc1. The van der Waals surface area contributed by atoms with Crippen molar-refractivity contribution in [3.63, 3.8) is 0 Å². The molecule has 0 atom stereocenters. The van der Waals surface area contributed by atoms with Crippen molar-refractivity contribution in [2.75, 3.05) is 0 Å². The van der Waals surface area contributed by atoms with Crippen LogP contribution in [0.15, 0.2) is 48.5 Å². The normalized spacial score (nSPS) is 12.5. The average Bonchev–Trinajstić information content (AvgIpc) is 2.30. The van der Waals surface area contributed by atoms with Crippen LogP contribution in [-0.2, 0) is 0 Å². The molecule has 2 rings (SSSR count). The Hall–Kier alpha value is 0.770. The van der Waals surface area contributed by atoms with Crippen LogP contribution in [0.2, 0.25) is 10.0 Å². The van der Waals surface area contributed by atoms with Gasteiger partial charge in [0.25, 0.3) is 0 Å². The minimum atomic E-state index is -2.57. The van der Waals surface area contributed by atoms with Gasteiger partial charge in [-0.05, 0) is 0 Å². The van der Waals surface area contributed by atoms with Gasteiger partial charge in [-0.15, -0.1) is 0 Å². The number of hydrogen-bond donors (Lipinski definition) is 0. The summed E-state index contributed by atoms with van der Waals surface area (Å²) in [5.41, 5.74) is 0. The van der Waals surface area contributed by atoms with Gasteiger partial charge in [0.2, 0.25) is 0 Å². The Kier molecular flexibility index (Phi) is 4.86. The molecule has 5 heteroatoms. The van der Waals surface area contributed by atoms with Crippen molar-refractivity contribution in [2.45, 2.75) is 0 Å². The van der Waals surface area contributed by atoms with Gasteiger partial charge in [0.1, 0.15) is 0 Å². The van der Waals surface area contributed by atoms with Crippen LogP contribution in [0.5, 0.6) is 0 Å². The molecule has 0 nitrogen and oxygen atoms in total. The van der Waals surface area contributed by atoms with E-state index in [1.54, 1.807) is 0 Å². The van der Waals surface area contributed by atoms with Crippen molar-refractivity contribution in [2.24, 2.45) is 0 Å². The number of hydrogen-bond acceptors (Lipinski definition) is 0. The molecule has 0 aliphatic carbocycles. The van der Waals surface area contributed by atoms with E-state index < -0.39 is 13.8 Å². The van der Waals surface area contributed by atoms with Gasteiger partial charge in [0.15, 0.2) is 0 Å². The Morgan fingerprint density at radius 1 is 0.647 bits per heavy atom. The summed E-state index contributed by atoms with van der Waals surface area (Å²) in [6, 6.07) is 15.9. The van der Waals surface area contributed by atoms with Gasteiger partial charge < -0.3 is 0 Å². The first-order valence-corrected chi connectivity index (χ1v) is 18.3. The molecule has 0 radical (unpaired) electrons. The Morgan fingerprint density at radius 3 is 1.24 bits per heavy atom. The summed E-state index contributed by atoms with van der Waals surface area (Å²) >= 11 is 17.0. The molecule has 2 aromatic rings. The van der Waals surface area contributed by atoms with Crippen molar-refractivity contribution in [1.82, 2.24) is 0 Å². The summed E-state index contributed by atoms with van der Waals surface area (Å²) in [5.74, 6) is 0. The quantitative estimate of drug-likeness (QED) is 0.528. The van der Waals surface area contributed by atoms with Gasteiger partial charge in [0.05, 0.1) is 0 Å². The first-order valence-electron chi connectivity index (χ1n) is 4.74. The second-order valence-electron chi connectivity index (χ2n) is 3.38. The van der Waals surface area contributed by atoms with Crippen molar-refractivity contribution >= 4 is 69.7 Å². The van der Waals surface area contributed by atoms with Crippen molar-refractivity contribution in [3.8, 4) is 0 Å². The van der Waals surface area contributed by atoms with E-state index in [0.29, 0.717) is 0 Å². The molecule has 0 spiro atoms. The summed E-state index contributed by atoms with van der Waals surface area (Å²) in [6.07, 6.45) is 0. The summed E-state index contributed by atoms with van der Waals surface area (Å²) in [4.78, 5) is 0.